The zero-order chi connectivity index (χ0) is 19.6. The van der Waals surface area contributed by atoms with E-state index in [9.17, 15) is 0 Å². The monoisotopic (exact) mass is 376 g/mol. The summed E-state index contributed by atoms with van der Waals surface area (Å²) in [5.41, 5.74) is 4.33. The van der Waals surface area contributed by atoms with Crippen LogP contribution in [0.15, 0.2) is 60.7 Å². The van der Waals surface area contributed by atoms with Crippen molar-refractivity contribution >= 4 is 0 Å². The lowest BCUT2D eigenvalue weighted by Crippen LogP contribution is -2.15. The molecule has 0 aromatic heterocycles. The molecule has 0 saturated carbocycles. The van der Waals surface area contributed by atoms with Gasteiger partial charge in [-0.15, -0.1) is 0 Å². The van der Waals surface area contributed by atoms with Crippen LogP contribution in [0, 0.1) is 5.92 Å². The molecule has 1 aliphatic rings. The first-order valence-corrected chi connectivity index (χ1v) is 11.3. The van der Waals surface area contributed by atoms with Crippen LogP contribution in [-0.2, 0) is 12.8 Å². The van der Waals surface area contributed by atoms with Crippen molar-refractivity contribution < 1.29 is 4.74 Å². The first-order chi connectivity index (χ1) is 13.8. The molecule has 3 rings (SSSR count). The summed E-state index contributed by atoms with van der Waals surface area (Å²) in [6.45, 7) is 5.27. The van der Waals surface area contributed by atoms with Crippen LogP contribution in [0.1, 0.15) is 75.0 Å². The molecule has 0 saturated heterocycles. The molecule has 2 aromatic rings. The van der Waals surface area contributed by atoms with Gasteiger partial charge in [-0.2, -0.15) is 0 Å². The Hall–Kier alpha value is -2.02. The molecule has 0 radical (unpaired) electrons. The van der Waals surface area contributed by atoms with Crippen molar-refractivity contribution in [3.05, 3.63) is 77.4 Å². The van der Waals surface area contributed by atoms with E-state index in [1.54, 1.807) is 0 Å². The lowest BCUT2D eigenvalue weighted by molar-refractivity contribution is 0.260. The highest BCUT2D eigenvalue weighted by Crippen LogP contribution is 2.31. The van der Waals surface area contributed by atoms with Crippen LogP contribution in [0.2, 0.25) is 0 Å². The summed E-state index contributed by atoms with van der Waals surface area (Å²) in [5, 5.41) is 0. The molecule has 1 heteroatoms. The Morgan fingerprint density at radius 1 is 0.750 bits per heavy atom. The summed E-state index contributed by atoms with van der Waals surface area (Å²) in [4.78, 5) is 0. The van der Waals surface area contributed by atoms with Gasteiger partial charge >= 0.3 is 0 Å². The van der Waals surface area contributed by atoms with Crippen molar-refractivity contribution in [3.63, 3.8) is 0 Å². The number of rotatable bonds is 10. The molecule has 2 aromatic carbocycles. The van der Waals surface area contributed by atoms with Crippen molar-refractivity contribution in [1.29, 1.82) is 0 Å². The fourth-order valence-electron chi connectivity index (χ4n) is 4.05. The second kappa shape index (κ2) is 11.1. The van der Waals surface area contributed by atoms with E-state index >= 15 is 0 Å². The van der Waals surface area contributed by atoms with E-state index in [2.05, 4.69) is 74.5 Å². The SMILES string of the molecule is CCCCCc1ccc(C2C=CC(COc3ccc(CCC)cc3)CC2)cc1. The molecule has 0 bridgehead atoms. The van der Waals surface area contributed by atoms with Crippen molar-refractivity contribution in [2.24, 2.45) is 5.92 Å². The van der Waals surface area contributed by atoms with Gasteiger partial charge in [0.1, 0.15) is 5.75 Å². The van der Waals surface area contributed by atoms with Crippen LogP contribution in [-0.4, -0.2) is 6.61 Å². The maximum absolute atomic E-state index is 6.03. The fourth-order valence-corrected chi connectivity index (χ4v) is 4.05. The van der Waals surface area contributed by atoms with Gasteiger partial charge in [-0.3, -0.25) is 0 Å². The Bertz CT molecular complexity index is 711. The zero-order valence-electron chi connectivity index (χ0n) is 17.7. The van der Waals surface area contributed by atoms with Crippen molar-refractivity contribution in [2.75, 3.05) is 6.61 Å². The van der Waals surface area contributed by atoms with E-state index in [1.807, 2.05) is 0 Å². The van der Waals surface area contributed by atoms with E-state index in [0.717, 1.165) is 18.8 Å². The predicted molar refractivity (Wildman–Crippen MR) is 120 cm³/mol. The summed E-state index contributed by atoms with van der Waals surface area (Å²) in [6, 6.07) is 17.9. The molecule has 150 valence electrons. The van der Waals surface area contributed by atoms with Gasteiger partial charge in [0.05, 0.1) is 6.61 Å². The van der Waals surface area contributed by atoms with E-state index in [-0.39, 0.29) is 0 Å². The van der Waals surface area contributed by atoms with E-state index in [4.69, 9.17) is 4.74 Å². The van der Waals surface area contributed by atoms with Gasteiger partial charge in [-0.1, -0.05) is 81.7 Å². The van der Waals surface area contributed by atoms with Gasteiger partial charge in [-0.05, 0) is 60.9 Å². The average Bonchev–Trinajstić information content (AvgIpc) is 2.75. The second-order valence-electron chi connectivity index (χ2n) is 8.23. The third-order valence-electron chi connectivity index (χ3n) is 5.87. The fraction of sp³-hybridized carbons (Fsp3) is 0.481. The Kier molecular flexibility index (Phi) is 8.21. The second-order valence-corrected chi connectivity index (χ2v) is 8.23. The van der Waals surface area contributed by atoms with Gasteiger partial charge in [0.25, 0.3) is 0 Å². The molecule has 0 heterocycles. The maximum Gasteiger partial charge on any atom is 0.119 e. The average molecular weight is 377 g/mol. The largest absolute Gasteiger partial charge is 0.493 e. The topological polar surface area (TPSA) is 9.23 Å². The highest BCUT2D eigenvalue weighted by Gasteiger charge is 2.17. The number of unbranched alkanes of at least 4 members (excludes halogenated alkanes) is 2. The lowest BCUT2D eigenvalue weighted by atomic mass is 9.84. The summed E-state index contributed by atoms with van der Waals surface area (Å²) in [6.07, 6.45) is 14.7. The van der Waals surface area contributed by atoms with E-state index in [1.165, 1.54) is 61.6 Å². The number of hydrogen-bond donors (Lipinski definition) is 0. The molecular weight excluding hydrogens is 340 g/mol. The first kappa shape index (κ1) is 20.7. The Morgan fingerprint density at radius 2 is 1.46 bits per heavy atom. The number of benzene rings is 2. The third-order valence-corrected chi connectivity index (χ3v) is 5.87. The lowest BCUT2D eigenvalue weighted by Gasteiger charge is -2.23. The predicted octanol–water partition coefficient (Wildman–Crippen LogP) is 7.50. The molecule has 2 atom stereocenters. The van der Waals surface area contributed by atoms with Crippen LogP contribution in [0.5, 0.6) is 5.75 Å². The van der Waals surface area contributed by atoms with Gasteiger partial charge < -0.3 is 4.74 Å². The molecule has 0 fully saturated rings. The van der Waals surface area contributed by atoms with Gasteiger partial charge in [0.15, 0.2) is 0 Å². The molecule has 0 spiro atoms. The summed E-state index contributed by atoms with van der Waals surface area (Å²) in [7, 11) is 0. The molecule has 0 amide bonds. The summed E-state index contributed by atoms with van der Waals surface area (Å²) in [5.74, 6) is 2.09. The van der Waals surface area contributed by atoms with Crippen LogP contribution in [0.4, 0.5) is 0 Å². The smallest absolute Gasteiger partial charge is 0.119 e. The highest BCUT2D eigenvalue weighted by atomic mass is 16.5. The third kappa shape index (κ3) is 6.26. The zero-order valence-corrected chi connectivity index (χ0v) is 17.7. The molecule has 2 unspecified atom stereocenters. The van der Waals surface area contributed by atoms with Gasteiger partial charge in [-0.25, -0.2) is 0 Å². The van der Waals surface area contributed by atoms with E-state index in [0.29, 0.717) is 11.8 Å². The van der Waals surface area contributed by atoms with Crippen molar-refractivity contribution in [3.8, 4) is 5.75 Å². The quantitative estimate of drug-likeness (QED) is 0.308. The van der Waals surface area contributed by atoms with Gasteiger partial charge in [0.2, 0.25) is 0 Å². The first-order valence-electron chi connectivity index (χ1n) is 11.3. The molecule has 0 aliphatic heterocycles. The van der Waals surface area contributed by atoms with Crippen molar-refractivity contribution in [1.82, 2.24) is 0 Å². The number of hydrogen-bond acceptors (Lipinski definition) is 1. The standard InChI is InChI=1S/C27H36O/c1-3-5-6-8-23-9-15-25(16-10-23)26-17-11-24(12-18-26)21-28-27-19-13-22(7-4-2)14-20-27/h9-11,13-17,19-20,24,26H,3-8,12,18,21H2,1-2H3. The molecule has 1 aliphatic carbocycles. The molecule has 0 N–H and O–H groups in total. The van der Waals surface area contributed by atoms with Gasteiger partial charge in [0, 0.05) is 11.8 Å². The maximum atomic E-state index is 6.03. The van der Waals surface area contributed by atoms with Crippen LogP contribution in [0.3, 0.4) is 0 Å². The molecule has 1 nitrogen and oxygen atoms in total. The minimum atomic E-state index is 0.528. The minimum Gasteiger partial charge on any atom is -0.493 e. The number of allylic oxidation sites excluding steroid dienone is 1. The Labute approximate surface area is 171 Å². The number of aryl methyl sites for hydroxylation is 2. The normalized spacial score (nSPS) is 18.9. The number of ether oxygens (including phenoxy) is 1. The van der Waals surface area contributed by atoms with Crippen molar-refractivity contribution in [2.45, 2.75) is 71.1 Å². The Balaban J connectivity index is 1.46. The van der Waals surface area contributed by atoms with Crippen LogP contribution < -0.4 is 4.74 Å². The summed E-state index contributed by atoms with van der Waals surface area (Å²) < 4.78 is 6.03. The molecule has 28 heavy (non-hydrogen) atoms. The van der Waals surface area contributed by atoms with E-state index < -0.39 is 0 Å². The highest BCUT2D eigenvalue weighted by molar-refractivity contribution is 5.30. The minimum absolute atomic E-state index is 0.528. The Morgan fingerprint density at radius 3 is 2.11 bits per heavy atom. The summed E-state index contributed by atoms with van der Waals surface area (Å²) >= 11 is 0. The van der Waals surface area contributed by atoms with Crippen LogP contribution in [0.25, 0.3) is 0 Å². The molecular formula is C27H36O. The van der Waals surface area contributed by atoms with Crippen LogP contribution >= 0.6 is 0 Å².